The molecular weight excluding hydrogens is 208 g/mol. The molecule has 1 rings (SSSR count). The summed E-state index contributed by atoms with van der Waals surface area (Å²) in [6.07, 6.45) is 1.65. The van der Waals surface area contributed by atoms with Gasteiger partial charge in [0, 0.05) is 6.61 Å². The summed E-state index contributed by atoms with van der Waals surface area (Å²) in [5.41, 5.74) is 0. The Hall–Kier alpha value is -0.940. The van der Waals surface area contributed by atoms with E-state index in [0.29, 0.717) is 26.2 Å². The summed E-state index contributed by atoms with van der Waals surface area (Å²) in [6, 6.07) is -0.219. The van der Waals surface area contributed by atoms with Crippen molar-refractivity contribution in [3.63, 3.8) is 0 Å². The highest BCUT2D eigenvalue weighted by atomic mass is 16.5. The number of imide groups is 1. The summed E-state index contributed by atoms with van der Waals surface area (Å²) in [5.74, 6) is -0.284. The van der Waals surface area contributed by atoms with Crippen LogP contribution in [-0.4, -0.2) is 49.1 Å². The van der Waals surface area contributed by atoms with E-state index in [4.69, 9.17) is 4.74 Å². The normalized spacial score (nSPS) is 21.6. The Morgan fingerprint density at radius 1 is 1.38 bits per heavy atom. The number of piperazine rings is 1. The monoisotopic (exact) mass is 228 g/mol. The zero-order chi connectivity index (χ0) is 12.0. The third-order valence-electron chi connectivity index (χ3n) is 2.58. The summed E-state index contributed by atoms with van der Waals surface area (Å²) < 4.78 is 5.28. The molecule has 1 atom stereocenters. The van der Waals surface area contributed by atoms with Crippen LogP contribution in [0.1, 0.15) is 26.7 Å². The van der Waals surface area contributed by atoms with Gasteiger partial charge in [0.05, 0.1) is 25.7 Å². The molecule has 0 saturated carbocycles. The van der Waals surface area contributed by atoms with Crippen molar-refractivity contribution in [2.45, 2.75) is 32.7 Å². The number of rotatable bonds is 6. The van der Waals surface area contributed by atoms with Gasteiger partial charge in [0.2, 0.25) is 11.8 Å². The Kier molecular flexibility index (Phi) is 5.42. The van der Waals surface area contributed by atoms with Gasteiger partial charge >= 0.3 is 0 Å². The molecular formula is C11H20N2O3. The van der Waals surface area contributed by atoms with Crippen molar-refractivity contribution >= 4 is 11.8 Å². The van der Waals surface area contributed by atoms with Crippen molar-refractivity contribution in [1.29, 1.82) is 0 Å². The van der Waals surface area contributed by atoms with E-state index in [2.05, 4.69) is 5.32 Å². The first kappa shape index (κ1) is 13.1. The van der Waals surface area contributed by atoms with Crippen LogP contribution in [0.3, 0.4) is 0 Å². The highest BCUT2D eigenvalue weighted by Crippen LogP contribution is 2.05. The lowest BCUT2D eigenvalue weighted by atomic mass is 10.1. The Bertz CT molecular complexity index is 256. The van der Waals surface area contributed by atoms with Crippen molar-refractivity contribution in [3.05, 3.63) is 0 Å². The van der Waals surface area contributed by atoms with Gasteiger partial charge in [-0.2, -0.15) is 0 Å². The van der Waals surface area contributed by atoms with Gasteiger partial charge in [0.15, 0.2) is 0 Å². The average Bonchev–Trinajstić information content (AvgIpc) is 2.28. The van der Waals surface area contributed by atoms with Gasteiger partial charge in [-0.15, -0.1) is 0 Å². The van der Waals surface area contributed by atoms with Crippen molar-refractivity contribution in [1.82, 2.24) is 10.2 Å². The molecule has 16 heavy (non-hydrogen) atoms. The molecule has 0 aromatic carbocycles. The molecule has 1 unspecified atom stereocenters. The summed E-state index contributed by atoms with van der Waals surface area (Å²) in [4.78, 5) is 24.6. The summed E-state index contributed by atoms with van der Waals surface area (Å²) in [6.45, 7) is 5.67. The molecule has 1 saturated heterocycles. The Labute approximate surface area is 96.1 Å². The van der Waals surface area contributed by atoms with Gasteiger partial charge in [0.1, 0.15) is 0 Å². The highest BCUT2D eigenvalue weighted by molar-refractivity contribution is 6.01. The number of ether oxygens (including phenoxy) is 1. The number of carbonyl (C=O) groups is 2. The predicted octanol–water partition coefficient (Wildman–Crippen LogP) is 0.150. The van der Waals surface area contributed by atoms with E-state index in [1.807, 2.05) is 13.8 Å². The van der Waals surface area contributed by atoms with Gasteiger partial charge in [-0.1, -0.05) is 13.8 Å². The molecule has 5 nitrogen and oxygen atoms in total. The largest absolute Gasteiger partial charge is 0.380 e. The van der Waals surface area contributed by atoms with Crippen molar-refractivity contribution in [2.75, 3.05) is 26.3 Å². The van der Waals surface area contributed by atoms with Crippen LogP contribution in [0.15, 0.2) is 0 Å². The number of hydrogen-bond donors (Lipinski definition) is 1. The minimum absolute atomic E-state index is 0.126. The van der Waals surface area contributed by atoms with Crippen LogP contribution in [-0.2, 0) is 14.3 Å². The molecule has 0 aromatic heterocycles. The molecule has 2 amide bonds. The smallest absolute Gasteiger partial charge is 0.246 e. The fourth-order valence-electron chi connectivity index (χ4n) is 1.66. The van der Waals surface area contributed by atoms with Gasteiger partial charge in [0.25, 0.3) is 0 Å². The second-order valence-corrected chi connectivity index (χ2v) is 3.84. The van der Waals surface area contributed by atoms with E-state index in [9.17, 15) is 9.59 Å². The third-order valence-corrected chi connectivity index (χ3v) is 2.58. The standard InChI is InChI=1S/C11H20N2O3/c1-3-6-16-7-5-13-10(14)8-12-9(4-2)11(13)15/h9,12H,3-8H2,1-2H3. The van der Waals surface area contributed by atoms with Crippen LogP contribution >= 0.6 is 0 Å². The van der Waals surface area contributed by atoms with Crippen LogP contribution in [0.2, 0.25) is 0 Å². The highest BCUT2D eigenvalue weighted by Gasteiger charge is 2.32. The first-order valence-corrected chi connectivity index (χ1v) is 5.86. The van der Waals surface area contributed by atoms with Crippen LogP contribution in [0.5, 0.6) is 0 Å². The molecule has 1 fully saturated rings. The van der Waals surface area contributed by atoms with Crippen LogP contribution in [0, 0.1) is 0 Å². The number of nitrogens with one attached hydrogen (secondary N) is 1. The van der Waals surface area contributed by atoms with E-state index < -0.39 is 0 Å². The zero-order valence-corrected chi connectivity index (χ0v) is 9.99. The molecule has 0 radical (unpaired) electrons. The van der Waals surface area contributed by atoms with Crippen LogP contribution in [0.25, 0.3) is 0 Å². The molecule has 5 heteroatoms. The number of nitrogens with zero attached hydrogens (tertiary/aromatic N) is 1. The second kappa shape index (κ2) is 6.60. The van der Waals surface area contributed by atoms with Gasteiger partial charge in [-0.05, 0) is 12.8 Å². The average molecular weight is 228 g/mol. The van der Waals surface area contributed by atoms with Crippen molar-refractivity contribution in [3.8, 4) is 0 Å². The first-order valence-electron chi connectivity index (χ1n) is 5.86. The van der Waals surface area contributed by atoms with Crippen molar-refractivity contribution in [2.24, 2.45) is 0 Å². The molecule has 0 bridgehead atoms. The zero-order valence-electron chi connectivity index (χ0n) is 9.99. The first-order chi connectivity index (χ1) is 7.70. The minimum atomic E-state index is -0.219. The topological polar surface area (TPSA) is 58.6 Å². The lowest BCUT2D eigenvalue weighted by Gasteiger charge is -2.30. The van der Waals surface area contributed by atoms with E-state index >= 15 is 0 Å². The van der Waals surface area contributed by atoms with Gasteiger partial charge in [-0.3, -0.25) is 19.8 Å². The van der Waals surface area contributed by atoms with Gasteiger partial charge in [-0.25, -0.2) is 0 Å². The van der Waals surface area contributed by atoms with E-state index in [-0.39, 0.29) is 24.4 Å². The Morgan fingerprint density at radius 2 is 2.12 bits per heavy atom. The maximum atomic E-state index is 11.8. The third kappa shape index (κ3) is 3.28. The second-order valence-electron chi connectivity index (χ2n) is 3.84. The minimum Gasteiger partial charge on any atom is -0.380 e. The van der Waals surface area contributed by atoms with E-state index in [1.165, 1.54) is 4.90 Å². The Morgan fingerprint density at radius 3 is 2.75 bits per heavy atom. The van der Waals surface area contributed by atoms with Crippen LogP contribution < -0.4 is 5.32 Å². The molecule has 0 spiro atoms. The molecule has 0 aliphatic carbocycles. The van der Waals surface area contributed by atoms with Crippen molar-refractivity contribution < 1.29 is 14.3 Å². The van der Waals surface area contributed by atoms with E-state index in [0.717, 1.165) is 6.42 Å². The maximum Gasteiger partial charge on any atom is 0.246 e. The number of carbonyl (C=O) groups excluding carboxylic acids is 2. The predicted molar refractivity (Wildman–Crippen MR) is 59.9 cm³/mol. The van der Waals surface area contributed by atoms with Crippen LogP contribution in [0.4, 0.5) is 0 Å². The fraction of sp³-hybridized carbons (Fsp3) is 0.818. The molecule has 1 aliphatic rings. The quantitative estimate of drug-likeness (QED) is 0.519. The summed E-state index contributed by atoms with van der Waals surface area (Å²) in [5, 5.41) is 2.92. The van der Waals surface area contributed by atoms with Gasteiger partial charge < -0.3 is 4.74 Å². The van der Waals surface area contributed by atoms with E-state index in [1.54, 1.807) is 0 Å². The summed E-state index contributed by atoms with van der Waals surface area (Å²) in [7, 11) is 0. The maximum absolute atomic E-state index is 11.8. The molecule has 0 aromatic rings. The number of hydrogen-bond acceptors (Lipinski definition) is 4. The molecule has 1 heterocycles. The Balaban J connectivity index is 2.42. The lowest BCUT2D eigenvalue weighted by molar-refractivity contribution is -0.150. The molecule has 1 N–H and O–H groups in total. The molecule has 1 aliphatic heterocycles. The summed E-state index contributed by atoms with van der Waals surface area (Å²) >= 11 is 0. The number of amides is 2. The molecule has 92 valence electrons. The lowest BCUT2D eigenvalue weighted by Crippen LogP contribution is -2.58. The SMILES string of the molecule is CCCOCCN1C(=O)CNC(CC)C1=O. The fourth-order valence-corrected chi connectivity index (χ4v) is 1.66.